The number of benzene rings is 2. The van der Waals surface area contributed by atoms with Gasteiger partial charge in [0.25, 0.3) is 5.91 Å². The molecule has 6 nitrogen and oxygen atoms in total. The predicted octanol–water partition coefficient (Wildman–Crippen LogP) is 2.88. The van der Waals surface area contributed by atoms with Crippen LogP contribution in [0.15, 0.2) is 52.9 Å². The second-order valence-electron chi connectivity index (χ2n) is 4.84. The number of hydrogen-bond donors (Lipinski definition) is 3. The molecule has 0 atom stereocenters. The summed E-state index contributed by atoms with van der Waals surface area (Å²) in [6.07, 6.45) is 0. The van der Waals surface area contributed by atoms with Crippen molar-refractivity contribution in [3.8, 4) is 11.5 Å². The zero-order valence-electron chi connectivity index (χ0n) is 12.3. The van der Waals surface area contributed by atoms with Crippen LogP contribution in [0, 0.1) is 5.41 Å². The van der Waals surface area contributed by atoms with Gasteiger partial charge in [0, 0.05) is 5.39 Å². The Kier molecular flexibility index (Phi) is 3.72. The summed E-state index contributed by atoms with van der Waals surface area (Å²) in [5, 5.41) is 20.8. The van der Waals surface area contributed by atoms with Gasteiger partial charge in [0.15, 0.2) is 11.3 Å². The van der Waals surface area contributed by atoms with Crippen molar-refractivity contribution in [2.75, 3.05) is 12.4 Å². The first-order chi connectivity index (χ1) is 11.1. The number of carbonyl (C=O) groups excluding carboxylic acids is 1. The maximum absolute atomic E-state index is 12.4. The molecule has 0 saturated carbocycles. The third kappa shape index (κ3) is 2.74. The van der Waals surface area contributed by atoms with Crippen molar-refractivity contribution in [2.24, 2.45) is 0 Å². The largest absolute Gasteiger partial charge is 0.504 e. The van der Waals surface area contributed by atoms with Crippen molar-refractivity contribution in [2.45, 2.75) is 0 Å². The summed E-state index contributed by atoms with van der Waals surface area (Å²) < 4.78 is 10.4. The maximum atomic E-state index is 12.4. The number of methoxy groups -OCH3 is 1. The number of para-hydroxylation sites is 3. The van der Waals surface area contributed by atoms with E-state index in [2.05, 4.69) is 5.32 Å². The fraction of sp³-hybridized carbons (Fsp3) is 0.0588. The standard InChI is InChI=1S/C17H14N2O4/c1-22-14-8-3-2-6-12(14)19-17(21)11-9-10-5-4-7-13(20)15(10)23-16(11)18/h2-9,18,20H,1H3,(H,19,21). The second kappa shape index (κ2) is 5.84. The molecular weight excluding hydrogens is 296 g/mol. The first-order valence-corrected chi connectivity index (χ1v) is 6.85. The molecule has 0 aliphatic heterocycles. The SMILES string of the molecule is COc1ccccc1NC(=O)c1cc2cccc(O)c2oc1=N. The molecule has 0 aliphatic carbocycles. The van der Waals surface area contributed by atoms with Crippen LogP contribution >= 0.6 is 0 Å². The van der Waals surface area contributed by atoms with E-state index in [4.69, 9.17) is 14.6 Å². The molecule has 23 heavy (non-hydrogen) atoms. The van der Waals surface area contributed by atoms with Gasteiger partial charge in [-0.3, -0.25) is 10.2 Å². The lowest BCUT2D eigenvalue weighted by atomic mass is 10.1. The molecule has 1 aromatic heterocycles. The van der Waals surface area contributed by atoms with Crippen LogP contribution in [0.5, 0.6) is 11.5 Å². The zero-order chi connectivity index (χ0) is 16.4. The van der Waals surface area contributed by atoms with Crippen LogP contribution in [0.4, 0.5) is 5.69 Å². The average molecular weight is 310 g/mol. The molecule has 0 aliphatic rings. The first-order valence-electron chi connectivity index (χ1n) is 6.85. The third-order valence-electron chi connectivity index (χ3n) is 3.37. The van der Waals surface area contributed by atoms with Crippen molar-refractivity contribution in [3.05, 3.63) is 59.6 Å². The number of nitrogens with one attached hydrogen (secondary N) is 2. The van der Waals surface area contributed by atoms with Crippen LogP contribution in [0.25, 0.3) is 11.0 Å². The van der Waals surface area contributed by atoms with Gasteiger partial charge in [-0.1, -0.05) is 24.3 Å². The monoisotopic (exact) mass is 310 g/mol. The number of fused-ring (bicyclic) bond motifs is 1. The Labute approximate surface area is 131 Å². The molecule has 0 saturated heterocycles. The van der Waals surface area contributed by atoms with Gasteiger partial charge in [0.1, 0.15) is 11.3 Å². The van der Waals surface area contributed by atoms with Crippen LogP contribution in [-0.4, -0.2) is 18.1 Å². The highest BCUT2D eigenvalue weighted by molar-refractivity contribution is 6.06. The lowest BCUT2D eigenvalue weighted by molar-refractivity contribution is 0.102. The molecule has 3 N–H and O–H groups in total. The zero-order valence-corrected chi connectivity index (χ0v) is 12.3. The van der Waals surface area contributed by atoms with Crippen molar-refractivity contribution >= 4 is 22.6 Å². The first kappa shape index (κ1) is 14.6. The van der Waals surface area contributed by atoms with E-state index < -0.39 is 5.91 Å². The summed E-state index contributed by atoms with van der Waals surface area (Å²) >= 11 is 0. The minimum absolute atomic E-state index is 0.0639. The maximum Gasteiger partial charge on any atom is 0.261 e. The van der Waals surface area contributed by atoms with Gasteiger partial charge in [-0.25, -0.2) is 0 Å². The lowest BCUT2D eigenvalue weighted by Crippen LogP contribution is -2.21. The van der Waals surface area contributed by atoms with Gasteiger partial charge in [-0.2, -0.15) is 0 Å². The van der Waals surface area contributed by atoms with Gasteiger partial charge in [-0.05, 0) is 24.3 Å². The van der Waals surface area contributed by atoms with E-state index in [0.717, 1.165) is 0 Å². The summed E-state index contributed by atoms with van der Waals surface area (Å²) in [5.74, 6) is -0.0519. The van der Waals surface area contributed by atoms with Gasteiger partial charge in [0.05, 0.1) is 12.8 Å². The van der Waals surface area contributed by atoms with Crippen molar-refractivity contribution < 1.29 is 19.1 Å². The van der Waals surface area contributed by atoms with E-state index in [0.29, 0.717) is 16.8 Å². The van der Waals surface area contributed by atoms with Crippen LogP contribution in [-0.2, 0) is 0 Å². The van der Waals surface area contributed by atoms with Crippen LogP contribution < -0.4 is 15.6 Å². The predicted molar refractivity (Wildman–Crippen MR) is 84.7 cm³/mol. The number of anilines is 1. The van der Waals surface area contributed by atoms with E-state index in [1.54, 1.807) is 36.4 Å². The molecule has 0 spiro atoms. The van der Waals surface area contributed by atoms with Crippen molar-refractivity contribution in [1.29, 1.82) is 5.41 Å². The van der Waals surface area contributed by atoms with Crippen LogP contribution in [0.3, 0.4) is 0 Å². The van der Waals surface area contributed by atoms with E-state index in [9.17, 15) is 9.90 Å². The van der Waals surface area contributed by atoms with Gasteiger partial charge in [-0.15, -0.1) is 0 Å². The second-order valence-corrected chi connectivity index (χ2v) is 4.84. The van der Waals surface area contributed by atoms with E-state index in [1.807, 2.05) is 0 Å². The van der Waals surface area contributed by atoms with Gasteiger partial charge >= 0.3 is 0 Å². The Balaban J connectivity index is 2.01. The molecule has 0 radical (unpaired) electrons. The quantitative estimate of drug-likeness (QED) is 0.693. The smallest absolute Gasteiger partial charge is 0.261 e. The van der Waals surface area contributed by atoms with E-state index >= 15 is 0 Å². The van der Waals surface area contributed by atoms with Crippen LogP contribution in [0.1, 0.15) is 10.4 Å². The molecule has 1 amide bonds. The minimum Gasteiger partial charge on any atom is -0.504 e. The topological polar surface area (TPSA) is 95.6 Å². The molecule has 0 unspecified atom stereocenters. The molecule has 0 bridgehead atoms. The molecule has 6 heteroatoms. The number of phenolic OH excluding ortho intramolecular Hbond substituents is 1. The fourth-order valence-corrected chi connectivity index (χ4v) is 2.25. The summed E-state index contributed by atoms with van der Waals surface area (Å²) in [7, 11) is 1.51. The average Bonchev–Trinajstić information content (AvgIpc) is 2.55. The summed E-state index contributed by atoms with van der Waals surface area (Å²) in [5.41, 5.74) is 0.405. The highest BCUT2D eigenvalue weighted by Crippen LogP contribution is 2.25. The number of hydrogen-bond acceptors (Lipinski definition) is 5. The Hall–Kier alpha value is -3.28. The normalized spacial score (nSPS) is 10.5. The number of carbonyl (C=O) groups is 1. The number of phenols is 1. The molecule has 2 aromatic carbocycles. The highest BCUT2D eigenvalue weighted by Gasteiger charge is 2.14. The molecule has 3 rings (SSSR count). The highest BCUT2D eigenvalue weighted by atomic mass is 16.5. The summed E-state index contributed by atoms with van der Waals surface area (Å²) in [6, 6.07) is 13.3. The van der Waals surface area contributed by atoms with E-state index in [1.165, 1.54) is 19.2 Å². The molecule has 116 valence electrons. The fourth-order valence-electron chi connectivity index (χ4n) is 2.25. The third-order valence-corrected chi connectivity index (χ3v) is 3.37. The van der Waals surface area contributed by atoms with Gasteiger partial charge < -0.3 is 19.6 Å². The molecule has 3 aromatic rings. The van der Waals surface area contributed by atoms with Gasteiger partial charge in [0.2, 0.25) is 5.55 Å². The Morgan fingerprint density at radius 3 is 2.78 bits per heavy atom. The number of aromatic hydroxyl groups is 1. The summed E-state index contributed by atoms with van der Waals surface area (Å²) in [6.45, 7) is 0. The Bertz CT molecular complexity index is 947. The minimum atomic E-state index is -0.492. The number of ether oxygens (including phenoxy) is 1. The number of amides is 1. The van der Waals surface area contributed by atoms with E-state index in [-0.39, 0.29) is 22.5 Å². The van der Waals surface area contributed by atoms with Crippen molar-refractivity contribution in [1.82, 2.24) is 0 Å². The lowest BCUT2D eigenvalue weighted by Gasteiger charge is -2.10. The molecular formula is C17H14N2O4. The Morgan fingerprint density at radius 2 is 2.00 bits per heavy atom. The summed E-state index contributed by atoms with van der Waals surface area (Å²) in [4.78, 5) is 12.4. The number of rotatable bonds is 3. The van der Waals surface area contributed by atoms with Crippen molar-refractivity contribution in [3.63, 3.8) is 0 Å². The van der Waals surface area contributed by atoms with Crippen LogP contribution in [0.2, 0.25) is 0 Å². The Morgan fingerprint density at radius 1 is 1.22 bits per heavy atom. The molecule has 1 heterocycles. The molecule has 0 fully saturated rings.